The molecular weight excluding hydrogens is 266 g/mol. The minimum Gasteiger partial charge on any atom is -0.480 e. The number of carbonyl (C=O) groups is 2. The van der Waals surface area contributed by atoms with Crippen molar-refractivity contribution in [3.8, 4) is 0 Å². The number of urea groups is 1. The van der Waals surface area contributed by atoms with Gasteiger partial charge in [0.25, 0.3) is 0 Å². The molecule has 0 saturated heterocycles. The van der Waals surface area contributed by atoms with E-state index in [1.807, 2.05) is 26.2 Å². The molecule has 19 heavy (non-hydrogen) atoms. The lowest BCUT2D eigenvalue weighted by atomic mass is 9.93. The minimum absolute atomic E-state index is 0.0900. The van der Waals surface area contributed by atoms with Crippen LogP contribution in [0.4, 0.5) is 9.93 Å². The van der Waals surface area contributed by atoms with Crippen molar-refractivity contribution in [1.82, 2.24) is 10.3 Å². The lowest BCUT2D eigenvalue weighted by molar-refractivity contribution is -0.142. The molecule has 3 N–H and O–H groups in total. The first kappa shape index (κ1) is 15.4. The highest BCUT2D eigenvalue weighted by Gasteiger charge is 2.29. The van der Waals surface area contributed by atoms with Gasteiger partial charge in [-0.25, -0.2) is 14.6 Å². The van der Waals surface area contributed by atoms with E-state index in [4.69, 9.17) is 5.11 Å². The van der Waals surface area contributed by atoms with Crippen LogP contribution in [0, 0.1) is 0 Å². The zero-order valence-corrected chi connectivity index (χ0v) is 12.5. The third-order valence-electron chi connectivity index (χ3n) is 2.45. The van der Waals surface area contributed by atoms with Gasteiger partial charge in [-0.1, -0.05) is 20.8 Å². The average molecular weight is 285 g/mol. The van der Waals surface area contributed by atoms with Crippen molar-refractivity contribution in [1.29, 1.82) is 0 Å². The van der Waals surface area contributed by atoms with Crippen molar-refractivity contribution in [2.75, 3.05) is 5.32 Å². The van der Waals surface area contributed by atoms with Crippen molar-refractivity contribution in [2.24, 2.45) is 0 Å². The second-order valence-electron chi connectivity index (χ2n) is 5.80. The van der Waals surface area contributed by atoms with Gasteiger partial charge in [0.05, 0.1) is 5.69 Å². The molecule has 0 aliphatic rings. The molecule has 0 radical (unpaired) electrons. The molecule has 0 unspecified atom stereocenters. The predicted octanol–water partition coefficient (Wildman–Crippen LogP) is 2.43. The second-order valence-corrected chi connectivity index (χ2v) is 6.66. The Morgan fingerprint density at radius 3 is 2.26 bits per heavy atom. The van der Waals surface area contributed by atoms with Crippen LogP contribution in [0.1, 0.15) is 40.3 Å². The number of nitrogens with zero attached hydrogens (tertiary/aromatic N) is 1. The van der Waals surface area contributed by atoms with Crippen molar-refractivity contribution >= 4 is 28.5 Å². The van der Waals surface area contributed by atoms with Crippen LogP contribution in [-0.2, 0) is 10.2 Å². The fraction of sp³-hybridized carbons (Fsp3) is 0.583. The normalized spacial score (nSPS) is 12.1. The summed E-state index contributed by atoms with van der Waals surface area (Å²) in [6.07, 6.45) is 0. The van der Waals surface area contributed by atoms with Crippen molar-refractivity contribution < 1.29 is 14.7 Å². The fourth-order valence-electron chi connectivity index (χ4n) is 1.14. The van der Waals surface area contributed by atoms with Crippen LogP contribution in [0.2, 0.25) is 0 Å². The number of carboxylic acid groups (broad SMARTS) is 1. The zero-order chi connectivity index (χ0) is 14.8. The van der Waals surface area contributed by atoms with Gasteiger partial charge in [-0.15, -0.1) is 11.3 Å². The second kappa shape index (κ2) is 5.16. The van der Waals surface area contributed by atoms with Gasteiger partial charge in [0, 0.05) is 10.8 Å². The zero-order valence-electron chi connectivity index (χ0n) is 11.7. The molecule has 0 atom stereocenters. The number of rotatable bonds is 3. The molecule has 1 aromatic rings. The maximum absolute atomic E-state index is 11.7. The summed E-state index contributed by atoms with van der Waals surface area (Å²) in [5, 5.41) is 16.1. The summed E-state index contributed by atoms with van der Waals surface area (Å²) in [6.45, 7) is 8.91. The molecule has 1 rings (SSSR count). The number of amides is 2. The predicted molar refractivity (Wildman–Crippen MR) is 74.7 cm³/mol. The lowest BCUT2D eigenvalue weighted by Gasteiger charge is -2.20. The molecule has 0 aliphatic carbocycles. The minimum atomic E-state index is -1.33. The van der Waals surface area contributed by atoms with Crippen LogP contribution in [0.25, 0.3) is 0 Å². The summed E-state index contributed by atoms with van der Waals surface area (Å²) in [5.41, 5.74) is -0.535. The van der Waals surface area contributed by atoms with Gasteiger partial charge in [-0.05, 0) is 13.8 Å². The highest BCUT2D eigenvalue weighted by atomic mass is 32.1. The van der Waals surface area contributed by atoms with Crippen LogP contribution >= 0.6 is 11.3 Å². The molecule has 7 heteroatoms. The molecule has 0 saturated carbocycles. The number of nitrogens with one attached hydrogen (secondary N) is 2. The van der Waals surface area contributed by atoms with Gasteiger partial charge in [0.15, 0.2) is 5.13 Å². The summed E-state index contributed by atoms with van der Waals surface area (Å²) in [5.74, 6) is -1.10. The topological polar surface area (TPSA) is 91.3 Å². The number of thiazole rings is 1. The van der Waals surface area contributed by atoms with Crippen molar-refractivity contribution in [3.63, 3.8) is 0 Å². The monoisotopic (exact) mass is 285 g/mol. The molecule has 6 nitrogen and oxygen atoms in total. The van der Waals surface area contributed by atoms with Crippen LogP contribution in [0.3, 0.4) is 0 Å². The first-order chi connectivity index (χ1) is 8.52. The number of carboxylic acids is 1. The maximum atomic E-state index is 11.7. The van der Waals surface area contributed by atoms with Crippen LogP contribution < -0.4 is 10.6 Å². The SMILES string of the molecule is CC(C)(NC(=O)Nc1nc(C(C)(C)C)cs1)C(=O)O. The number of aromatic nitrogens is 1. The number of hydrogen-bond acceptors (Lipinski definition) is 4. The quantitative estimate of drug-likeness (QED) is 0.795. The van der Waals surface area contributed by atoms with Gasteiger partial charge in [0.1, 0.15) is 5.54 Å². The van der Waals surface area contributed by atoms with Gasteiger partial charge in [-0.2, -0.15) is 0 Å². The first-order valence-electron chi connectivity index (χ1n) is 5.81. The molecule has 0 aliphatic heterocycles. The van der Waals surface area contributed by atoms with E-state index in [-0.39, 0.29) is 5.41 Å². The molecule has 2 amide bonds. The van der Waals surface area contributed by atoms with Gasteiger partial charge < -0.3 is 10.4 Å². The average Bonchev–Trinajstić information content (AvgIpc) is 2.63. The number of hydrogen-bond donors (Lipinski definition) is 3. The van der Waals surface area contributed by atoms with E-state index in [2.05, 4.69) is 15.6 Å². The van der Waals surface area contributed by atoms with Crippen molar-refractivity contribution in [2.45, 2.75) is 45.6 Å². The Morgan fingerprint density at radius 2 is 1.84 bits per heavy atom. The highest BCUT2D eigenvalue weighted by molar-refractivity contribution is 7.13. The Morgan fingerprint density at radius 1 is 1.26 bits per heavy atom. The van der Waals surface area contributed by atoms with Crippen LogP contribution in [0.5, 0.6) is 0 Å². The van der Waals surface area contributed by atoms with E-state index in [0.717, 1.165) is 5.69 Å². The smallest absolute Gasteiger partial charge is 0.328 e. The standard InChI is InChI=1S/C12H19N3O3S/c1-11(2,3)7-6-19-10(13-7)14-9(18)15-12(4,5)8(16)17/h6H,1-5H3,(H,16,17)(H2,13,14,15,18). The number of aliphatic carboxylic acids is 1. The molecular formula is C12H19N3O3S. The Balaban J connectivity index is 2.68. The van der Waals surface area contributed by atoms with Crippen LogP contribution in [0.15, 0.2) is 5.38 Å². The third kappa shape index (κ3) is 4.20. The molecule has 0 aromatic carbocycles. The number of carbonyl (C=O) groups excluding carboxylic acids is 1. The number of anilines is 1. The van der Waals surface area contributed by atoms with E-state index in [9.17, 15) is 9.59 Å². The van der Waals surface area contributed by atoms with Gasteiger partial charge >= 0.3 is 12.0 Å². The maximum Gasteiger partial charge on any atom is 0.328 e. The van der Waals surface area contributed by atoms with E-state index in [1.165, 1.54) is 25.2 Å². The van der Waals surface area contributed by atoms with E-state index in [1.54, 1.807) is 0 Å². The van der Waals surface area contributed by atoms with Crippen LogP contribution in [-0.4, -0.2) is 27.6 Å². The van der Waals surface area contributed by atoms with Gasteiger partial charge in [0.2, 0.25) is 0 Å². The Labute approximate surface area is 116 Å². The lowest BCUT2D eigenvalue weighted by Crippen LogP contribution is -2.51. The molecule has 1 aromatic heterocycles. The molecule has 1 heterocycles. The summed E-state index contributed by atoms with van der Waals surface area (Å²) in [7, 11) is 0. The summed E-state index contributed by atoms with van der Waals surface area (Å²) >= 11 is 1.31. The Hall–Kier alpha value is -1.63. The Bertz CT molecular complexity index is 489. The molecule has 106 valence electrons. The summed E-state index contributed by atoms with van der Waals surface area (Å²) in [6, 6.07) is -0.581. The van der Waals surface area contributed by atoms with Gasteiger partial charge in [-0.3, -0.25) is 5.32 Å². The van der Waals surface area contributed by atoms with E-state index >= 15 is 0 Å². The van der Waals surface area contributed by atoms with E-state index < -0.39 is 17.5 Å². The highest BCUT2D eigenvalue weighted by Crippen LogP contribution is 2.26. The van der Waals surface area contributed by atoms with Crippen molar-refractivity contribution in [3.05, 3.63) is 11.1 Å². The first-order valence-corrected chi connectivity index (χ1v) is 6.69. The largest absolute Gasteiger partial charge is 0.480 e. The summed E-state index contributed by atoms with van der Waals surface area (Å²) < 4.78 is 0. The third-order valence-corrected chi connectivity index (χ3v) is 3.21. The molecule has 0 spiro atoms. The molecule has 0 bridgehead atoms. The molecule has 0 fully saturated rings. The Kier molecular flexibility index (Phi) is 4.19. The fourth-order valence-corrected chi connectivity index (χ4v) is 2.07. The summed E-state index contributed by atoms with van der Waals surface area (Å²) in [4.78, 5) is 26.9. The van der Waals surface area contributed by atoms with E-state index in [0.29, 0.717) is 5.13 Å².